The van der Waals surface area contributed by atoms with Crippen molar-refractivity contribution in [3.05, 3.63) is 33.6 Å². The molecule has 2 N–H and O–H groups in total. The molecule has 0 heterocycles. The van der Waals surface area contributed by atoms with Gasteiger partial charge in [0.2, 0.25) is 11.6 Å². The summed E-state index contributed by atoms with van der Waals surface area (Å²) in [5, 5.41) is 10.5. The second-order valence-corrected chi connectivity index (χ2v) is 3.12. The SMILES string of the molecule is NC(CCl)=Nc1cc(F)c(F)c(F)c1[N+](=O)[O-]. The monoisotopic (exact) mass is 267 g/mol. The van der Waals surface area contributed by atoms with Crippen LogP contribution in [0.5, 0.6) is 0 Å². The Morgan fingerprint density at radius 3 is 2.53 bits per heavy atom. The Morgan fingerprint density at radius 2 is 2.06 bits per heavy atom. The number of nitro groups is 1. The fourth-order valence-corrected chi connectivity index (χ4v) is 1.08. The molecule has 0 fully saturated rings. The molecule has 9 heteroatoms. The molecule has 0 spiro atoms. The zero-order valence-corrected chi connectivity index (χ0v) is 8.84. The maximum atomic E-state index is 13.1. The van der Waals surface area contributed by atoms with Crippen LogP contribution in [0.1, 0.15) is 0 Å². The van der Waals surface area contributed by atoms with Crippen molar-refractivity contribution in [3.63, 3.8) is 0 Å². The molecule has 17 heavy (non-hydrogen) atoms. The summed E-state index contributed by atoms with van der Waals surface area (Å²) in [4.78, 5) is 12.6. The predicted octanol–water partition coefficient (Wildman–Crippen LogP) is 2.24. The molecule has 92 valence electrons. The molecule has 1 aromatic carbocycles. The van der Waals surface area contributed by atoms with E-state index in [0.29, 0.717) is 6.07 Å². The van der Waals surface area contributed by atoms with Gasteiger partial charge in [-0.05, 0) is 0 Å². The average molecular weight is 268 g/mol. The summed E-state index contributed by atoms with van der Waals surface area (Å²) in [7, 11) is 0. The van der Waals surface area contributed by atoms with E-state index < -0.39 is 33.7 Å². The number of aliphatic imine (C=N–C) groups is 1. The second kappa shape index (κ2) is 5.00. The van der Waals surface area contributed by atoms with Crippen LogP contribution in [0.2, 0.25) is 0 Å². The molecule has 0 unspecified atom stereocenters. The Balaban J connectivity index is 3.54. The van der Waals surface area contributed by atoms with Crippen molar-refractivity contribution >= 4 is 28.8 Å². The van der Waals surface area contributed by atoms with Gasteiger partial charge in [0.15, 0.2) is 5.82 Å². The molecule has 0 bridgehead atoms. The van der Waals surface area contributed by atoms with E-state index in [1.807, 2.05) is 0 Å². The first-order chi connectivity index (χ1) is 7.88. The minimum Gasteiger partial charge on any atom is -0.386 e. The van der Waals surface area contributed by atoms with Crippen LogP contribution in [0.4, 0.5) is 24.5 Å². The Bertz CT molecular complexity index is 507. The summed E-state index contributed by atoms with van der Waals surface area (Å²) in [6.45, 7) is 0. The lowest BCUT2D eigenvalue weighted by Gasteiger charge is -2.02. The number of amidine groups is 1. The maximum Gasteiger partial charge on any atom is 0.333 e. The van der Waals surface area contributed by atoms with Gasteiger partial charge < -0.3 is 5.73 Å². The van der Waals surface area contributed by atoms with E-state index in [1.54, 1.807) is 0 Å². The Hall–Kier alpha value is -1.83. The molecule has 0 atom stereocenters. The summed E-state index contributed by atoms with van der Waals surface area (Å²) in [5.74, 6) is -6.07. The lowest BCUT2D eigenvalue weighted by molar-refractivity contribution is -0.387. The van der Waals surface area contributed by atoms with Crippen molar-refractivity contribution in [2.75, 3.05) is 5.88 Å². The van der Waals surface area contributed by atoms with Gasteiger partial charge in [0, 0.05) is 6.07 Å². The molecule has 0 saturated heterocycles. The molecule has 0 aliphatic heterocycles. The standard InChI is InChI=1S/C8H5ClF3N3O2/c9-2-5(13)14-4-1-3(10)6(11)7(12)8(4)15(16)17/h1H,2H2,(H2,13,14). The van der Waals surface area contributed by atoms with Gasteiger partial charge in [0.25, 0.3) is 0 Å². The zero-order valence-electron chi connectivity index (χ0n) is 8.08. The van der Waals surface area contributed by atoms with Gasteiger partial charge in [0.1, 0.15) is 11.5 Å². The molecule has 0 aromatic heterocycles. The van der Waals surface area contributed by atoms with Crippen LogP contribution < -0.4 is 5.73 Å². The molecule has 1 aromatic rings. The lowest BCUT2D eigenvalue weighted by atomic mass is 10.2. The van der Waals surface area contributed by atoms with Crippen molar-refractivity contribution in [1.82, 2.24) is 0 Å². The highest BCUT2D eigenvalue weighted by Gasteiger charge is 2.27. The highest BCUT2D eigenvalue weighted by Crippen LogP contribution is 2.33. The molecule has 1 rings (SSSR count). The summed E-state index contributed by atoms with van der Waals surface area (Å²) in [6, 6.07) is 0.371. The molecule has 5 nitrogen and oxygen atoms in total. The first-order valence-electron chi connectivity index (χ1n) is 4.09. The average Bonchev–Trinajstić information content (AvgIpc) is 2.25. The number of hydrogen-bond acceptors (Lipinski definition) is 3. The van der Waals surface area contributed by atoms with Crippen molar-refractivity contribution in [2.24, 2.45) is 10.7 Å². The van der Waals surface area contributed by atoms with Crippen molar-refractivity contribution in [2.45, 2.75) is 0 Å². The summed E-state index contributed by atoms with van der Waals surface area (Å²) in [5.41, 5.74) is 3.14. The minimum absolute atomic E-state index is 0.292. The van der Waals surface area contributed by atoms with Crippen LogP contribution in [-0.4, -0.2) is 16.6 Å². The third-order valence-corrected chi connectivity index (χ3v) is 1.97. The van der Waals surface area contributed by atoms with E-state index in [1.165, 1.54) is 0 Å². The smallest absolute Gasteiger partial charge is 0.333 e. The van der Waals surface area contributed by atoms with Gasteiger partial charge in [-0.3, -0.25) is 10.1 Å². The van der Waals surface area contributed by atoms with Crippen LogP contribution in [-0.2, 0) is 0 Å². The number of nitro benzene ring substituents is 1. The van der Waals surface area contributed by atoms with Crippen molar-refractivity contribution in [3.8, 4) is 0 Å². The number of benzene rings is 1. The number of hydrogen-bond donors (Lipinski definition) is 1. The number of alkyl halides is 1. The van der Waals surface area contributed by atoms with Crippen molar-refractivity contribution in [1.29, 1.82) is 0 Å². The molecule has 0 amide bonds. The van der Waals surface area contributed by atoms with Gasteiger partial charge in [-0.1, -0.05) is 0 Å². The van der Waals surface area contributed by atoms with Crippen LogP contribution in [0.25, 0.3) is 0 Å². The van der Waals surface area contributed by atoms with Gasteiger partial charge in [-0.15, -0.1) is 11.6 Å². The van der Waals surface area contributed by atoms with Gasteiger partial charge in [0.05, 0.1) is 10.8 Å². The summed E-state index contributed by atoms with van der Waals surface area (Å²) >= 11 is 5.26. The zero-order chi connectivity index (χ0) is 13.2. The van der Waals surface area contributed by atoms with Crippen LogP contribution >= 0.6 is 11.6 Å². The summed E-state index contributed by atoms with van der Waals surface area (Å²) in [6.07, 6.45) is 0. The van der Waals surface area contributed by atoms with E-state index in [0.717, 1.165) is 0 Å². The third kappa shape index (κ3) is 2.64. The topological polar surface area (TPSA) is 81.5 Å². The van der Waals surface area contributed by atoms with Gasteiger partial charge in [-0.2, -0.15) is 4.39 Å². The van der Waals surface area contributed by atoms with Crippen LogP contribution in [0.3, 0.4) is 0 Å². The number of halogens is 4. The molecule has 0 aliphatic carbocycles. The molecule has 0 aliphatic rings. The van der Waals surface area contributed by atoms with E-state index in [-0.39, 0.29) is 11.7 Å². The quantitative estimate of drug-likeness (QED) is 0.228. The first-order valence-corrected chi connectivity index (χ1v) is 4.62. The predicted molar refractivity (Wildman–Crippen MR) is 55.0 cm³/mol. The van der Waals surface area contributed by atoms with E-state index >= 15 is 0 Å². The fraction of sp³-hybridized carbons (Fsp3) is 0.125. The highest BCUT2D eigenvalue weighted by molar-refractivity contribution is 6.28. The Morgan fingerprint density at radius 1 is 1.47 bits per heavy atom. The Kier molecular flexibility index (Phi) is 3.89. The lowest BCUT2D eigenvalue weighted by Crippen LogP contribution is -2.12. The molecule has 0 radical (unpaired) electrons. The number of nitrogens with zero attached hydrogens (tertiary/aromatic N) is 2. The van der Waals surface area contributed by atoms with Crippen LogP contribution in [0, 0.1) is 27.6 Å². The second-order valence-electron chi connectivity index (χ2n) is 2.85. The normalized spacial score (nSPS) is 11.6. The van der Waals surface area contributed by atoms with Gasteiger partial charge in [-0.25, -0.2) is 13.8 Å². The van der Waals surface area contributed by atoms with Crippen LogP contribution in [0.15, 0.2) is 11.1 Å². The van der Waals surface area contributed by atoms with Crippen molar-refractivity contribution < 1.29 is 18.1 Å². The highest BCUT2D eigenvalue weighted by atomic mass is 35.5. The molecular weight excluding hydrogens is 263 g/mol. The van der Waals surface area contributed by atoms with E-state index in [9.17, 15) is 23.3 Å². The number of nitrogens with two attached hydrogens (primary N) is 1. The number of rotatable bonds is 3. The van der Waals surface area contributed by atoms with Gasteiger partial charge >= 0.3 is 5.69 Å². The maximum absolute atomic E-state index is 13.1. The first kappa shape index (κ1) is 13.2. The third-order valence-electron chi connectivity index (χ3n) is 1.70. The minimum atomic E-state index is -1.94. The fourth-order valence-electron chi connectivity index (χ4n) is 1.02. The molecular formula is C8H5ClF3N3O2. The molecule has 0 saturated carbocycles. The largest absolute Gasteiger partial charge is 0.386 e. The van der Waals surface area contributed by atoms with E-state index in [2.05, 4.69) is 4.99 Å². The van der Waals surface area contributed by atoms with E-state index in [4.69, 9.17) is 17.3 Å². The Labute approximate surface area is 97.8 Å². The summed E-state index contributed by atoms with van der Waals surface area (Å²) < 4.78 is 38.8.